The van der Waals surface area contributed by atoms with E-state index in [1.54, 1.807) is 10.9 Å². The number of carboxylic acids is 1. The van der Waals surface area contributed by atoms with Crippen LogP contribution in [0.2, 0.25) is 0 Å². The van der Waals surface area contributed by atoms with Gasteiger partial charge in [-0.05, 0) is 24.3 Å². The smallest absolute Gasteiger partial charge is 0.353 e. The largest absolute Gasteiger partial charge is 0.477 e. The first kappa shape index (κ1) is 11.2. The van der Waals surface area contributed by atoms with E-state index in [0.717, 1.165) is 11.3 Å². The van der Waals surface area contributed by atoms with E-state index < -0.39 is 5.97 Å². The highest BCUT2D eigenvalue weighted by Crippen LogP contribution is 2.20. The van der Waals surface area contributed by atoms with Crippen molar-refractivity contribution in [1.29, 1.82) is 0 Å². The van der Waals surface area contributed by atoms with Crippen molar-refractivity contribution < 1.29 is 9.90 Å². The molecule has 0 saturated heterocycles. The van der Waals surface area contributed by atoms with Gasteiger partial charge in [0.2, 0.25) is 0 Å². The molecule has 94 valence electrons. The Morgan fingerprint density at radius 2 is 2.16 bits per heavy atom. The monoisotopic (exact) mass is 254 g/mol. The first-order valence-electron chi connectivity index (χ1n) is 5.63. The average molecular weight is 254 g/mol. The number of aromatic carboxylic acids is 1. The Bertz CT molecular complexity index is 716. The molecule has 0 unspecified atom stereocenters. The third kappa shape index (κ3) is 2.11. The highest BCUT2D eigenvalue weighted by atomic mass is 16.4. The molecule has 3 rings (SSSR count). The van der Waals surface area contributed by atoms with Crippen LogP contribution < -0.4 is 0 Å². The Morgan fingerprint density at radius 1 is 1.26 bits per heavy atom. The summed E-state index contributed by atoms with van der Waals surface area (Å²) in [5.41, 5.74) is 2.38. The summed E-state index contributed by atoms with van der Waals surface area (Å²) in [5, 5.41) is 19.5. The van der Waals surface area contributed by atoms with Gasteiger partial charge in [0.05, 0.1) is 11.4 Å². The Labute approximate surface area is 108 Å². The van der Waals surface area contributed by atoms with Crippen LogP contribution >= 0.6 is 0 Å². The van der Waals surface area contributed by atoms with Crippen molar-refractivity contribution in [3.05, 3.63) is 54.5 Å². The lowest BCUT2D eigenvalue weighted by Gasteiger charge is -2.03. The molecular weight excluding hydrogens is 244 g/mol. The molecule has 6 nitrogen and oxygen atoms in total. The molecule has 0 aliphatic heterocycles. The number of aromatic amines is 1. The van der Waals surface area contributed by atoms with Gasteiger partial charge in [0.15, 0.2) is 0 Å². The quantitative estimate of drug-likeness (QED) is 0.748. The Hall–Kier alpha value is -2.89. The fraction of sp³-hybridized carbons (Fsp3) is 0. The van der Waals surface area contributed by atoms with Crippen LogP contribution in [0, 0.1) is 0 Å². The number of rotatable bonds is 3. The number of carboxylic acid groups (broad SMARTS) is 1. The van der Waals surface area contributed by atoms with Crippen molar-refractivity contribution in [3.8, 4) is 16.9 Å². The molecule has 2 heterocycles. The molecule has 2 N–H and O–H groups in total. The molecule has 6 heteroatoms. The van der Waals surface area contributed by atoms with Crippen molar-refractivity contribution in [1.82, 2.24) is 20.0 Å². The number of aromatic nitrogens is 4. The fourth-order valence-corrected chi connectivity index (χ4v) is 1.81. The number of H-pyrrole nitrogens is 1. The topological polar surface area (TPSA) is 83.8 Å². The summed E-state index contributed by atoms with van der Waals surface area (Å²) in [4.78, 5) is 10.8. The lowest BCUT2D eigenvalue weighted by atomic mass is 10.1. The van der Waals surface area contributed by atoms with Crippen molar-refractivity contribution in [3.63, 3.8) is 0 Å². The summed E-state index contributed by atoms with van der Waals surface area (Å²) >= 11 is 0. The second kappa shape index (κ2) is 4.41. The van der Waals surface area contributed by atoms with Crippen LogP contribution in [-0.2, 0) is 0 Å². The minimum atomic E-state index is -1.03. The van der Waals surface area contributed by atoms with E-state index in [9.17, 15) is 4.79 Å². The van der Waals surface area contributed by atoms with Gasteiger partial charge in [-0.15, -0.1) is 0 Å². The average Bonchev–Trinajstić information content (AvgIpc) is 3.10. The van der Waals surface area contributed by atoms with Crippen LogP contribution in [0.15, 0.2) is 48.8 Å². The number of carbonyl (C=O) groups is 1. The molecule has 19 heavy (non-hydrogen) atoms. The fourth-order valence-electron chi connectivity index (χ4n) is 1.81. The van der Waals surface area contributed by atoms with Gasteiger partial charge in [-0.3, -0.25) is 5.10 Å². The molecule has 0 fully saturated rings. The van der Waals surface area contributed by atoms with Crippen LogP contribution in [0.4, 0.5) is 0 Å². The molecule has 0 spiro atoms. The van der Waals surface area contributed by atoms with Crippen molar-refractivity contribution in [2.45, 2.75) is 0 Å². The summed E-state index contributed by atoms with van der Waals surface area (Å²) in [6.07, 6.45) is 3.54. The maximum Gasteiger partial charge on any atom is 0.353 e. The van der Waals surface area contributed by atoms with Gasteiger partial charge in [0.1, 0.15) is 5.69 Å². The Morgan fingerprint density at radius 3 is 2.84 bits per heavy atom. The first-order valence-corrected chi connectivity index (χ1v) is 5.63. The minimum Gasteiger partial charge on any atom is -0.477 e. The molecule has 0 amide bonds. The minimum absolute atomic E-state index is 0.0690. The van der Waals surface area contributed by atoms with E-state index >= 15 is 0 Å². The zero-order valence-corrected chi connectivity index (χ0v) is 9.82. The summed E-state index contributed by atoms with van der Waals surface area (Å²) < 4.78 is 1.73. The van der Waals surface area contributed by atoms with Crippen LogP contribution in [0.25, 0.3) is 16.9 Å². The summed E-state index contributed by atoms with van der Waals surface area (Å²) in [7, 11) is 0. The normalized spacial score (nSPS) is 10.5. The molecule has 3 aromatic rings. The second-order valence-corrected chi connectivity index (χ2v) is 3.97. The van der Waals surface area contributed by atoms with E-state index in [0.29, 0.717) is 5.69 Å². The standard InChI is InChI=1S/C13H10N4O2/c18-13(19)12-8-11(15-16-12)9-3-1-4-10(7-9)17-6-2-5-14-17/h1-8H,(H,15,16)(H,18,19). The van der Waals surface area contributed by atoms with E-state index in [1.807, 2.05) is 36.5 Å². The molecule has 0 atom stereocenters. The van der Waals surface area contributed by atoms with Crippen molar-refractivity contribution >= 4 is 5.97 Å². The van der Waals surface area contributed by atoms with Gasteiger partial charge in [0, 0.05) is 18.0 Å². The molecule has 0 saturated carbocycles. The summed E-state index contributed by atoms with van der Waals surface area (Å²) in [6, 6.07) is 10.9. The van der Waals surface area contributed by atoms with E-state index in [4.69, 9.17) is 5.11 Å². The molecule has 0 bridgehead atoms. The van der Waals surface area contributed by atoms with Crippen LogP contribution in [0.3, 0.4) is 0 Å². The zero-order valence-electron chi connectivity index (χ0n) is 9.82. The molecule has 0 aliphatic carbocycles. The third-order valence-electron chi connectivity index (χ3n) is 2.72. The van der Waals surface area contributed by atoms with Gasteiger partial charge in [0.25, 0.3) is 0 Å². The van der Waals surface area contributed by atoms with Crippen LogP contribution in [0.1, 0.15) is 10.5 Å². The number of benzene rings is 1. The molecule has 1 aromatic carbocycles. The lowest BCUT2D eigenvalue weighted by molar-refractivity contribution is 0.0690. The Balaban J connectivity index is 2.01. The molecule has 2 aromatic heterocycles. The highest BCUT2D eigenvalue weighted by Gasteiger charge is 2.09. The predicted molar refractivity (Wildman–Crippen MR) is 68.1 cm³/mol. The van der Waals surface area contributed by atoms with Crippen LogP contribution in [0.5, 0.6) is 0 Å². The van der Waals surface area contributed by atoms with Crippen molar-refractivity contribution in [2.24, 2.45) is 0 Å². The van der Waals surface area contributed by atoms with Crippen LogP contribution in [-0.4, -0.2) is 31.1 Å². The van der Waals surface area contributed by atoms with Gasteiger partial charge in [-0.1, -0.05) is 12.1 Å². The van der Waals surface area contributed by atoms with E-state index in [-0.39, 0.29) is 5.69 Å². The van der Waals surface area contributed by atoms with E-state index in [2.05, 4.69) is 15.3 Å². The molecular formula is C13H10N4O2. The van der Waals surface area contributed by atoms with Gasteiger partial charge >= 0.3 is 5.97 Å². The number of nitrogens with one attached hydrogen (secondary N) is 1. The highest BCUT2D eigenvalue weighted by molar-refractivity contribution is 5.86. The SMILES string of the molecule is O=C(O)c1cc(-c2cccc(-n3cccn3)c2)n[nH]1. The summed E-state index contributed by atoms with van der Waals surface area (Å²) in [6.45, 7) is 0. The zero-order chi connectivity index (χ0) is 13.2. The third-order valence-corrected chi connectivity index (χ3v) is 2.72. The Kier molecular flexibility index (Phi) is 2.60. The lowest BCUT2D eigenvalue weighted by Crippen LogP contribution is -1.95. The van der Waals surface area contributed by atoms with Crippen molar-refractivity contribution in [2.75, 3.05) is 0 Å². The van der Waals surface area contributed by atoms with Gasteiger partial charge in [-0.25, -0.2) is 9.48 Å². The maximum atomic E-state index is 10.8. The second-order valence-electron chi connectivity index (χ2n) is 3.97. The molecule has 0 aliphatic rings. The number of hydrogen-bond donors (Lipinski definition) is 2. The summed E-state index contributed by atoms with van der Waals surface area (Å²) in [5.74, 6) is -1.03. The van der Waals surface area contributed by atoms with Gasteiger partial charge in [-0.2, -0.15) is 10.2 Å². The number of hydrogen-bond acceptors (Lipinski definition) is 3. The van der Waals surface area contributed by atoms with Gasteiger partial charge < -0.3 is 5.11 Å². The number of nitrogens with zero attached hydrogens (tertiary/aromatic N) is 3. The maximum absolute atomic E-state index is 10.8. The van der Waals surface area contributed by atoms with E-state index in [1.165, 1.54) is 6.07 Å². The molecule has 0 radical (unpaired) electrons. The predicted octanol–water partition coefficient (Wildman–Crippen LogP) is 1.96. The first-order chi connectivity index (χ1) is 9.24.